The van der Waals surface area contributed by atoms with Crippen LogP contribution in [0.3, 0.4) is 0 Å². The van der Waals surface area contributed by atoms with Crippen molar-refractivity contribution >= 4 is 28.5 Å². The Kier molecular flexibility index (Phi) is 9.18. The van der Waals surface area contributed by atoms with Crippen molar-refractivity contribution in [3.8, 4) is 28.0 Å². The van der Waals surface area contributed by atoms with Gasteiger partial charge in [-0.2, -0.15) is 13.2 Å². The number of ether oxygens (including phenoxy) is 1. The summed E-state index contributed by atoms with van der Waals surface area (Å²) >= 11 is 0. The van der Waals surface area contributed by atoms with Crippen LogP contribution in [0.15, 0.2) is 122 Å². The monoisotopic (exact) mass is 728 g/mol. The molecule has 1 aliphatic rings. The van der Waals surface area contributed by atoms with Gasteiger partial charge in [0.2, 0.25) is 5.91 Å². The third-order valence-corrected chi connectivity index (χ3v) is 9.30. The molecule has 0 aliphatic heterocycles. The largest absolute Gasteiger partial charge is 0.573 e. The fraction of sp³-hybridized carbons (Fsp3) is 0.175. The molecule has 0 radical (unpaired) electrons. The molecular formula is C40H30F6N4O3. The second-order valence-corrected chi connectivity index (χ2v) is 12.6. The van der Waals surface area contributed by atoms with Crippen LogP contribution in [0.4, 0.5) is 32.0 Å². The lowest BCUT2D eigenvalue weighted by Crippen LogP contribution is -2.47. The SMILES string of the molecule is O=C(Nc1ccc2c(c1)ncn2CCCC1(C(=O)NCC(F)(F)F)c2ccccc2-c2ccccc21)c1ccccc1-c1ccc(OC(F)(F)F)cc1. The number of nitrogens with one attached hydrogen (secondary N) is 2. The Labute approximate surface area is 299 Å². The van der Waals surface area contributed by atoms with Crippen LogP contribution >= 0.6 is 0 Å². The van der Waals surface area contributed by atoms with Crippen LogP contribution < -0.4 is 15.4 Å². The fourth-order valence-electron chi connectivity index (χ4n) is 7.09. The van der Waals surface area contributed by atoms with Crippen LogP contribution in [0.25, 0.3) is 33.3 Å². The van der Waals surface area contributed by atoms with E-state index in [1.54, 1.807) is 73.1 Å². The second kappa shape index (κ2) is 13.8. The number of aryl methyl sites for hydroxylation is 1. The summed E-state index contributed by atoms with van der Waals surface area (Å²) in [6.45, 7) is -1.04. The van der Waals surface area contributed by atoms with Crippen LogP contribution in [0.2, 0.25) is 0 Å². The Morgan fingerprint density at radius 1 is 0.755 bits per heavy atom. The molecule has 6 aromatic rings. The number of halogens is 6. The molecule has 1 heterocycles. The number of hydrogen-bond donors (Lipinski definition) is 2. The maximum atomic E-state index is 13.8. The highest BCUT2D eigenvalue weighted by Crippen LogP contribution is 2.51. The lowest BCUT2D eigenvalue weighted by Gasteiger charge is -2.31. The van der Waals surface area contributed by atoms with Gasteiger partial charge in [0.1, 0.15) is 17.7 Å². The van der Waals surface area contributed by atoms with Crippen molar-refractivity contribution in [2.24, 2.45) is 0 Å². The molecule has 0 spiro atoms. The van der Waals surface area contributed by atoms with Crippen molar-refractivity contribution in [2.45, 2.75) is 37.3 Å². The van der Waals surface area contributed by atoms with Gasteiger partial charge >= 0.3 is 12.5 Å². The number of benzene rings is 5. The maximum Gasteiger partial charge on any atom is 0.573 e. The first kappa shape index (κ1) is 35.3. The van der Waals surface area contributed by atoms with E-state index in [0.717, 1.165) is 16.6 Å². The minimum absolute atomic E-state index is 0.232. The molecule has 53 heavy (non-hydrogen) atoms. The van der Waals surface area contributed by atoms with E-state index in [4.69, 9.17) is 0 Å². The summed E-state index contributed by atoms with van der Waals surface area (Å²) < 4.78 is 83.4. The lowest BCUT2D eigenvalue weighted by molar-refractivity contribution is -0.274. The van der Waals surface area contributed by atoms with Crippen molar-refractivity contribution in [1.29, 1.82) is 0 Å². The number of alkyl halides is 6. The van der Waals surface area contributed by atoms with E-state index in [2.05, 4.69) is 20.4 Å². The Balaban J connectivity index is 1.08. The molecule has 0 unspecified atom stereocenters. The van der Waals surface area contributed by atoms with Gasteiger partial charge in [0.25, 0.3) is 5.91 Å². The van der Waals surface area contributed by atoms with Crippen LogP contribution in [0.1, 0.15) is 34.3 Å². The van der Waals surface area contributed by atoms with Crippen LogP contribution in [0.5, 0.6) is 5.75 Å². The summed E-state index contributed by atoms with van der Waals surface area (Å²) in [5, 5.41) is 5.02. The number of rotatable bonds is 10. The third kappa shape index (κ3) is 7.19. The summed E-state index contributed by atoms with van der Waals surface area (Å²) in [7, 11) is 0. The molecule has 5 aromatic carbocycles. The number of fused-ring (bicyclic) bond motifs is 4. The molecule has 1 aliphatic carbocycles. The van der Waals surface area contributed by atoms with E-state index in [1.807, 2.05) is 28.8 Å². The number of amides is 2. The van der Waals surface area contributed by atoms with E-state index in [-0.39, 0.29) is 12.2 Å². The zero-order valence-corrected chi connectivity index (χ0v) is 27.8. The first-order chi connectivity index (χ1) is 25.3. The number of imidazole rings is 1. The molecule has 1 aromatic heterocycles. The van der Waals surface area contributed by atoms with Crippen LogP contribution in [-0.2, 0) is 16.8 Å². The topological polar surface area (TPSA) is 85.2 Å². The van der Waals surface area contributed by atoms with Crippen molar-refractivity contribution in [1.82, 2.24) is 14.9 Å². The van der Waals surface area contributed by atoms with Gasteiger partial charge in [0, 0.05) is 17.8 Å². The van der Waals surface area contributed by atoms with Crippen molar-refractivity contribution in [2.75, 3.05) is 11.9 Å². The molecule has 0 atom stereocenters. The van der Waals surface area contributed by atoms with Gasteiger partial charge in [-0.25, -0.2) is 4.98 Å². The first-order valence-corrected chi connectivity index (χ1v) is 16.6. The van der Waals surface area contributed by atoms with Gasteiger partial charge in [-0.05, 0) is 82.6 Å². The van der Waals surface area contributed by atoms with Crippen LogP contribution in [-0.4, -0.2) is 40.4 Å². The highest BCUT2D eigenvalue weighted by Gasteiger charge is 2.49. The Morgan fingerprint density at radius 2 is 1.38 bits per heavy atom. The molecule has 270 valence electrons. The number of hydrogen-bond acceptors (Lipinski definition) is 4. The van der Waals surface area contributed by atoms with Gasteiger partial charge in [0.05, 0.1) is 17.4 Å². The Morgan fingerprint density at radius 3 is 2.02 bits per heavy atom. The molecule has 7 rings (SSSR count). The highest BCUT2D eigenvalue weighted by atomic mass is 19.4. The van der Waals surface area contributed by atoms with E-state index in [1.165, 1.54) is 24.3 Å². The van der Waals surface area contributed by atoms with Crippen molar-refractivity contribution in [3.63, 3.8) is 0 Å². The van der Waals surface area contributed by atoms with E-state index in [9.17, 15) is 35.9 Å². The van der Waals surface area contributed by atoms with E-state index >= 15 is 0 Å². The molecule has 0 fully saturated rings. The van der Waals surface area contributed by atoms with Crippen molar-refractivity contribution in [3.05, 3.63) is 138 Å². The minimum Gasteiger partial charge on any atom is -0.406 e. The molecule has 13 heteroatoms. The van der Waals surface area contributed by atoms with E-state index < -0.39 is 36.3 Å². The Hall–Kier alpha value is -6.11. The third-order valence-electron chi connectivity index (χ3n) is 9.30. The average molecular weight is 729 g/mol. The molecule has 2 amide bonds. The second-order valence-electron chi connectivity index (χ2n) is 12.6. The first-order valence-electron chi connectivity index (χ1n) is 16.6. The number of carbonyl (C=O) groups is 2. The standard InChI is InChI=1S/C40H30F6N4O3/c41-39(42,43)23-47-37(52)38(32-12-5-3-9-29(32)30-10-4-6-13-33(30)38)20-7-21-50-24-48-34-22-26(16-19-35(34)50)49-36(51)31-11-2-1-8-28(31)25-14-17-27(18-15-25)53-40(44,45)46/h1-6,8-19,22,24H,7,20-21,23H2,(H,47,52)(H,49,51). The number of anilines is 1. The zero-order chi connectivity index (χ0) is 37.4. The maximum absolute atomic E-state index is 13.8. The summed E-state index contributed by atoms with van der Waals surface area (Å²) in [5.41, 5.74) is 4.70. The quantitative estimate of drug-likeness (QED) is 0.138. The summed E-state index contributed by atoms with van der Waals surface area (Å²) in [4.78, 5) is 31.8. The van der Waals surface area contributed by atoms with Gasteiger partial charge in [-0.1, -0.05) is 78.9 Å². The zero-order valence-electron chi connectivity index (χ0n) is 27.8. The molecule has 0 saturated heterocycles. The summed E-state index contributed by atoms with van der Waals surface area (Å²) in [6.07, 6.45) is -7.11. The predicted octanol–water partition coefficient (Wildman–Crippen LogP) is 9.28. The Bertz CT molecular complexity index is 2270. The van der Waals surface area contributed by atoms with Gasteiger partial charge < -0.3 is 19.9 Å². The number of carbonyl (C=O) groups excluding carboxylic acids is 2. The average Bonchev–Trinajstić information content (AvgIpc) is 3.66. The van der Waals surface area contributed by atoms with Gasteiger partial charge in [0.15, 0.2) is 0 Å². The van der Waals surface area contributed by atoms with Crippen LogP contribution in [0, 0.1) is 0 Å². The lowest BCUT2D eigenvalue weighted by atomic mass is 9.73. The number of aromatic nitrogens is 2. The van der Waals surface area contributed by atoms with E-state index in [0.29, 0.717) is 52.0 Å². The number of nitrogens with zero attached hydrogens (tertiary/aromatic N) is 2. The normalized spacial score (nSPS) is 13.3. The molecule has 0 saturated carbocycles. The van der Waals surface area contributed by atoms with Gasteiger partial charge in [-0.15, -0.1) is 13.2 Å². The smallest absolute Gasteiger partial charge is 0.406 e. The fourth-order valence-corrected chi connectivity index (χ4v) is 7.09. The molecular weight excluding hydrogens is 698 g/mol. The predicted molar refractivity (Wildman–Crippen MR) is 187 cm³/mol. The molecule has 2 N–H and O–H groups in total. The molecule has 7 nitrogen and oxygen atoms in total. The van der Waals surface area contributed by atoms with Gasteiger partial charge in [-0.3, -0.25) is 9.59 Å². The van der Waals surface area contributed by atoms with Crippen molar-refractivity contribution < 1.29 is 40.7 Å². The highest BCUT2D eigenvalue weighted by molar-refractivity contribution is 6.09. The molecule has 0 bridgehead atoms. The minimum atomic E-state index is -4.82. The summed E-state index contributed by atoms with van der Waals surface area (Å²) in [6, 6.07) is 31.7. The summed E-state index contributed by atoms with van der Waals surface area (Å²) in [5.74, 6) is -1.53.